The van der Waals surface area contributed by atoms with Gasteiger partial charge in [-0.25, -0.2) is 4.79 Å². The number of aryl methyl sites for hydroxylation is 2. The lowest BCUT2D eigenvalue weighted by atomic mass is 10.1. The normalized spacial score (nSPS) is 19.4. The van der Waals surface area contributed by atoms with Crippen LogP contribution in [0.5, 0.6) is 0 Å². The van der Waals surface area contributed by atoms with Gasteiger partial charge in [0.1, 0.15) is 11.9 Å². The molecule has 104 valence electrons. The fourth-order valence-corrected chi connectivity index (χ4v) is 1.98. The van der Waals surface area contributed by atoms with Gasteiger partial charge in [-0.05, 0) is 19.8 Å². The third kappa shape index (κ3) is 3.01. The van der Waals surface area contributed by atoms with Crippen molar-refractivity contribution in [2.24, 2.45) is 7.05 Å². The van der Waals surface area contributed by atoms with E-state index in [1.165, 1.54) is 0 Å². The maximum Gasteiger partial charge on any atom is 0.322 e. The monoisotopic (exact) mass is 266 g/mol. The summed E-state index contributed by atoms with van der Waals surface area (Å²) in [5.74, 6) is 0.865. The molecule has 1 aromatic rings. The van der Waals surface area contributed by atoms with Gasteiger partial charge < -0.3 is 10.2 Å². The number of carbonyl (C=O) groups excluding carboxylic acids is 2. The predicted molar refractivity (Wildman–Crippen MR) is 68.6 cm³/mol. The van der Waals surface area contributed by atoms with Crippen LogP contribution < -0.4 is 10.6 Å². The second-order valence-corrected chi connectivity index (χ2v) is 4.66. The largest absolute Gasteiger partial charge is 0.344 e. The van der Waals surface area contributed by atoms with Crippen LogP contribution in [-0.2, 0) is 11.8 Å². The number of urea groups is 1. The van der Waals surface area contributed by atoms with Crippen molar-refractivity contribution in [2.45, 2.75) is 25.8 Å². The van der Waals surface area contributed by atoms with E-state index in [1.807, 2.05) is 0 Å². The SMILES string of the molecule is Cc1nc(NC(=O)NC2CCCN(C)C2=O)nn1C. The number of hydrogen-bond donors (Lipinski definition) is 2. The molecule has 3 amide bonds. The van der Waals surface area contributed by atoms with Crippen LogP contribution in [0, 0.1) is 6.92 Å². The van der Waals surface area contributed by atoms with E-state index in [4.69, 9.17) is 0 Å². The van der Waals surface area contributed by atoms with E-state index in [2.05, 4.69) is 20.7 Å². The lowest BCUT2D eigenvalue weighted by Gasteiger charge is -2.29. The Morgan fingerprint density at radius 2 is 2.16 bits per heavy atom. The predicted octanol–water partition coefficient (Wildman–Crippen LogP) is -0.134. The van der Waals surface area contributed by atoms with Crippen molar-refractivity contribution in [1.29, 1.82) is 0 Å². The van der Waals surface area contributed by atoms with E-state index in [9.17, 15) is 9.59 Å². The van der Waals surface area contributed by atoms with E-state index >= 15 is 0 Å². The van der Waals surface area contributed by atoms with Crippen LogP contribution in [0.15, 0.2) is 0 Å². The number of hydrogen-bond acceptors (Lipinski definition) is 4. The van der Waals surface area contributed by atoms with Crippen molar-refractivity contribution in [3.8, 4) is 0 Å². The lowest BCUT2D eigenvalue weighted by molar-refractivity contribution is -0.134. The van der Waals surface area contributed by atoms with Crippen molar-refractivity contribution < 1.29 is 9.59 Å². The Hall–Kier alpha value is -2.12. The van der Waals surface area contributed by atoms with Crippen LogP contribution in [0.25, 0.3) is 0 Å². The number of likely N-dealkylation sites (N-methyl/N-ethyl adjacent to an activating group) is 1. The zero-order valence-corrected chi connectivity index (χ0v) is 11.3. The summed E-state index contributed by atoms with van der Waals surface area (Å²) in [4.78, 5) is 29.3. The van der Waals surface area contributed by atoms with E-state index in [0.29, 0.717) is 12.2 Å². The van der Waals surface area contributed by atoms with Crippen LogP contribution >= 0.6 is 0 Å². The van der Waals surface area contributed by atoms with Crippen molar-refractivity contribution in [3.05, 3.63) is 5.82 Å². The Morgan fingerprint density at radius 1 is 1.42 bits per heavy atom. The number of nitrogens with one attached hydrogen (secondary N) is 2. The molecule has 19 heavy (non-hydrogen) atoms. The summed E-state index contributed by atoms with van der Waals surface area (Å²) in [5, 5.41) is 9.18. The molecule has 0 bridgehead atoms. The Kier molecular flexibility index (Phi) is 3.68. The van der Waals surface area contributed by atoms with Crippen molar-refractivity contribution in [1.82, 2.24) is 25.0 Å². The molecule has 2 heterocycles. The molecule has 0 radical (unpaired) electrons. The Labute approximate surface area is 111 Å². The van der Waals surface area contributed by atoms with Gasteiger partial charge in [0.2, 0.25) is 11.9 Å². The highest BCUT2D eigenvalue weighted by Crippen LogP contribution is 2.10. The van der Waals surface area contributed by atoms with Gasteiger partial charge in [0.05, 0.1) is 0 Å². The lowest BCUT2D eigenvalue weighted by Crippen LogP contribution is -2.51. The first-order chi connectivity index (χ1) is 8.97. The molecule has 1 aliphatic rings. The molecule has 0 aliphatic carbocycles. The third-order valence-corrected chi connectivity index (χ3v) is 3.17. The van der Waals surface area contributed by atoms with E-state index in [-0.39, 0.29) is 11.9 Å². The molecular formula is C11H18N6O2. The third-order valence-electron chi connectivity index (χ3n) is 3.17. The van der Waals surface area contributed by atoms with E-state index in [0.717, 1.165) is 13.0 Å². The van der Waals surface area contributed by atoms with Gasteiger partial charge in [-0.3, -0.25) is 14.8 Å². The summed E-state index contributed by atoms with van der Waals surface area (Å²) < 4.78 is 1.56. The highest BCUT2D eigenvalue weighted by molar-refractivity contribution is 5.92. The number of rotatable bonds is 2. The van der Waals surface area contributed by atoms with Crippen LogP contribution in [0.1, 0.15) is 18.7 Å². The standard InChI is InChI=1S/C11H18N6O2/c1-7-12-10(15-17(7)3)14-11(19)13-8-5-4-6-16(2)9(8)18/h8H,4-6H2,1-3H3,(H2,13,14,15,19). The molecule has 2 rings (SSSR count). The van der Waals surface area contributed by atoms with Gasteiger partial charge in [-0.1, -0.05) is 0 Å². The molecule has 0 saturated carbocycles. The number of nitrogens with zero attached hydrogens (tertiary/aromatic N) is 4. The summed E-state index contributed by atoms with van der Waals surface area (Å²) in [5.41, 5.74) is 0. The van der Waals surface area contributed by atoms with Crippen LogP contribution in [0.3, 0.4) is 0 Å². The number of carbonyl (C=O) groups is 2. The number of likely N-dealkylation sites (tertiary alicyclic amines) is 1. The summed E-state index contributed by atoms with van der Waals surface area (Å²) in [6.45, 7) is 2.52. The highest BCUT2D eigenvalue weighted by Gasteiger charge is 2.27. The first kappa shape index (κ1) is 13.3. The molecule has 2 N–H and O–H groups in total. The molecule has 8 nitrogen and oxygen atoms in total. The topological polar surface area (TPSA) is 92.2 Å². The van der Waals surface area contributed by atoms with Crippen LogP contribution in [-0.4, -0.2) is 51.2 Å². The molecule has 8 heteroatoms. The quantitative estimate of drug-likeness (QED) is 0.779. The van der Waals surface area contributed by atoms with Crippen molar-refractivity contribution >= 4 is 17.9 Å². The highest BCUT2D eigenvalue weighted by atomic mass is 16.2. The first-order valence-electron chi connectivity index (χ1n) is 6.17. The van der Waals surface area contributed by atoms with Crippen molar-refractivity contribution in [2.75, 3.05) is 18.9 Å². The summed E-state index contributed by atoms with van der Waals surface area (Å²) in [7, 11) is 3.47. The Balaban J connectivity index is 1.92. The first-order valence-corrected chi connectivity index (χ1v) is 6.17. The second-order valence-electron chi connectivity index (χ2n) is 4.66. The summed E-state index contributed by atoms with van der Waals surface area (Å²) in [6, 6.07) is -0.928. The summed E-state index contributed by atoms with van der Waals surface area (Å²) >= 11 is 0. The molecule has 1 saturated heterocycles. The molecule has 0 spiro atoms. The minimum absolute atomic E-state index is 0.0634. The molecular weight excluding hydrogens is 248 g/mol. The Morgan fingerprint density at radius 3 is 2.79 bits per heavy atom. The van der Waals surface area contributed by atoms with Crippen LogP contribution in [0.4, 0.5) is 10.7 Å². The maximum absolute atomic E-state index is 11.8. The van der Waals surface area contributed by atoms with E-state index < -0.39 is 12.1 Å². The molecule has 1 unspecified atom stereocenters. The zero-order valence-electron chi connectivity index (χ0n) is 11.3. The van der Waals surface area contributed by atoms with Crippen molar-refractivity contribution in [3.63, 3.8) is 0 Å². The number of amides is 3. The average molecular weight is 266 g/mol. The minimum Gasteiger partial charge on any atom is -0.344 e. The van der Waals surface area contributed by atoms with Gasteiger partial charge in [-0.15, -0.1) is 5.10 Å². The fraction of sp³-hybridized carbons (Fsp3) is 0.636. The summed E-state index contributed by atoms with van der Waals surface area (Å²) in [6.07, 6.45) is 1.54. The Bertz CT molecular complexity index is 478. The zero-order chi connectivity index (χ0) is 14.0. The second kappa shape index (κ2) is 5.25. The van der Waals surface area contributed by atoms with Gasteiger partial charge in [0.25, 0.3) is 0 Å². The van der Waals surface area contributed by atoms with Gasteiger partial charge in [-0.2, -0.15) is 4.98 Å². The van der Waals surface area contributed by atoms with E-state index in [1.54, 1.807) is 30.6 Å². The molecule has 0 aromatic carbocycles. The molecule has 1 aliphatic heterocycles. The molecule has 1 atom stereocenters. The smallest absolute Gasteiger partial charge is 0.322 e. The number of aromatic nitrogens is 3. The van der Waals surface area contributed by atoms with Crippen LogP contribution in [0.2, 0.25) is 0 Å². The van der Waals surface area contributed by atoms with Gasteiger partial charge >= 0.3 is 6.03 Å². The maximum atomic E-state index is 11.8. The number of anilines is 1. The number of piperidine rings is 1. The van der Waals surface area contributed by atoms with Gasteiger partial charge in [0.15, 0.2) is 0 Å². The average Bonchev–Trinajstić information content (AvgIpc) is 2.64. The molecule has 1 fully saturated rings. The van der Waals surface area contributed by atoms with Gasteiger partial charge in [0, 0.05) is 20.6 Å². The molecule has 1 aromatic heterocycles. The minimum atomic E-state index is -0.469. The fourth-order valence-electron chi connectivity index (χ4n) is 1.98.